The van der Waals surface area contributed by atoms with Gasteiger partial charge in [0.05, 0.1) is 12.4 Å². The fourth-order valence-corrected chi connectivity index (χ4v) is 3.78. The lowest BCUT2D eigenvalue weighted by Crippen LogP contribution is -2.51. The molecule has 0 saturated carbocycles. The molecule has 0 spiro atoms. The quantitative estimate of drug-likeness (QED) is 0.713. The smallest absolute Gasteiger partial charge is 0.409 e. The van der Waals surface area contributed by atoms with Crippen molar-refractivity contribution in [2.24, 2.45) is 0 Å². The lowest BCUT2D eigenvalue weighted by atomic mass is 10.1. The minimum atomic E-state index is -0.314. The van der Waals surface area contributed by atoms with E-state index in [4.69, 9.17) is 4.74 Å². The van der Waals surface area contributed by atoms with Gasteiger partial charge in [0.1, 0.15) is 6.33 Å². The molecule has 2 heterocycles. The Morgan fingerprint density at radius 1 is 1.11 bits per heavy atom. The second-order valence-corrected chi connectivity index (χ2v) is 7.55. The Labute approximate surface area is 168 Å². The van der Waals surface area contributed by atoms with E-state index in [0.29, 0.717) is 37.9 Å². The molecule has 150 valence electrons. The molecule has 3 rings (SSSR count). The highest BCUT2D eigenvalue weighted by molar-refractivity contribution is 7.99. The highest BCUT2D eigenvalue weighted by atomic mass is 32.2. The molecule has 9 heteroatoms. The Morgan fingerprint density at radius 3 is 2.50 bits per heavy atom. The first kappa shape index (κ1) is 20.2. The summed E-state index contributed by atoms with van der Waals surface area (Å²) in [4.78, 5) is 27.7. The van der Waals surface area contributed by atoms with E-state index in [1.165, 1.54) is 22.9 Å². The molecule has 0 unspecified atom stereocenters. The number of piperazine rings is 1. The molecule has 0 aliphatic carbocycles. The summed E-state index contributed by atoms with van der Waals surface area (Å²) in [6, 6.07) is 6.17. The minimum absolute atomic E-state index is 0.0307. The topological polar surface area (TPSA) is 80.6 Å². The van der Waals surface area contributed by atoms with Crippen molar-refractivity contribution in [3.63, 3.8) is 0 Å². The van der Waals surface area contributed by atoms with Gasteiger partial charge in [-0.25, -0.2) is 4.79 Å². The number of hydrogen-bond donors (Lipinski definition) is 0. The van der Waals surface area contributed by atoms with Gasteiger partial charge in [0.2, 0.25) is 5.91 Å². The van der Waals surface area contributed by atoms with Gasteiger partial charge in [0.25, 0.3) is 0 Å². The first-order chi connectivity index (χ1) is 13.5. The van der Waals surface area contributed by atoms with Gasteiger partial charge < -0.3 is 14.5 Å². The highest BCUT2D eigenvalue weighted by Crippen LogP contribution is 2.22. The van der Waals surface area contributed by atoms with Crippen molar-refractivity contribution in [2.45, 2.75) is 25.9 Å². The summed E-state index contributed by atoms with van der Waals surface area (Å²) in [6.45, 7) is 8.30. The maximum Gasteiger partial charge on any atom is 0.409 e. The zero-order chi connectivity index (χ0) is 20.1. The van der Waals surface area contributed by atoms with E-state index in [9.17, 15) is 9.59 Å². The number of ether oxygens (including phenoxy) is 1. The summed E-state index contributed by atoms with van der Waals surface area (Å²) in [5.41, 5.74) is 3.40. The van der Waals surface area contributed by atoms with Crippen molar-refractivity contribution in [2.75, 3.05) is 38.5 Å². The number of nitrogens with zero attached hydrogens (tertiary/aromatic N) is 5. The number of aromatic nitrogens is 3. The van der Waals surface area contributed by atoms with E-state index in [1.54, 1.807) is 23.1 Å². The lowest BCUT2D eigenvalue weighted by Gasteiger charge is -2.34. The summed E-state index contributed by atoms with van der Waals surface area (Å²) in [5.74, 6) is 0.311. The van der Waals surface area contributed by atoms with Crippen molar-refractivity contribution in [1.82, 2.24) is 24.6 Å². The standard InChI is InChI=1S/C19H25N5O3S/c1-4-27-19(26)23-9-7-22(8-10-23)17(25)12-28-18-21-20-13-24(18)16-6-5-14(2)15(3)11-16/h5-6,11,13H,4,7-10,12H2,1-3H3. The number of carbonyl (C=O) groups is 2. The van der Waals surface area contributed by atoms with E-state index in [-0.39, 0.29) is 17.8 Å². The average Bonchev–Trinajstić information content (AvgIpc) is 3.17. The van der Waals surface area contributed by atoms with Crippen LogP contribution in [0.5, 0.6) is 0 Å². The number of aryl methyl sites for hydroxylation is 2. The largest absolute Gasteiger partial charge is 0.450 e. The molecular weight excluding hydrogens is 378 g/mol. The van der Waals surface area contributed by atoms with Crippen LogP contribution in [0, 0.1) is 13.8 Å². The van der Waals surface area contributed by atoms with Crippen LogP contribution in [-0.4, -0.2) is 75.1 Å². The second-order valence-electron chi connectivity index (χ2n) is 6.61. The molecule has 8 nitrogen and oxygen atoms in total. The maximum absolute atomic E-state index is 12.6. The van der Waals surface area contributed by atoms with Crippen molar-refractivity contribution >= 4 is 23.8 Å². The number of carbonyl (C=O) groups excluding carboxylic acids is 2. The van der Waals surface area contributed by atoms with Gasteiger partial charge in [-0.2, -0.15) is 0 Å². The van der Waals surface area contributed by atoms with Gasteiger partial charge in [0.15, 0.2) is 5.16 Å². The van der Waals surface area contributed by atoms with E-state index in [2.05, 4.69) is 36.2 Å². The number of thioether (sulfide) groups is 1. The molecule has 0 radical (unpaired) electrons. The number of amides is 2. The molecule has 1 aromatic heterocycles. The molecule has 1 aliphatic heterocycles. The van der Waals surface area contributed by atoms with Crippen LogP contribution in [0.4, 0.5) is 4.79 Å². The van der Waals surface area contributed by atoms with Crippen LogP contribution < -0.4 is 0 Å². The van der Waals surface area contributed by atoms with Gasteiger partial charge in [-0.05, 0) is 44.0 Å². The average molecular weight is 404 g/mol. The fraction of sp³-hybridized carbons (Fsp3) is 0.474. The summed E-state index contributed by atoms with van der Waals surface area (Å²) >= 11 is 1.37. The predicted octanol–water partition coefficient (Wildman–Crippen LogP) is 2.28. The normalized spacial score (nSPS) is 14.2. The molecular formula is C19H25N5O3S. The molecule has 1 fully saturated rings. The summed E-state index contributed by atoms with van der Waals surface area (Å²) in [5, 5.41) is 8.83. The van der Waals surface area contributed by atoms with Crippen LogP contribution in [0.15, 0.2) is 29.7 Å². The van der Waals surface area contributed by atoms with E-state index in [1.807, 2.05) is 10.6 Å². The van der Waals surface area contributed by atoms with E-state index in [0.717, 1.165) is 5.69 Å². The van der Waals surface area contributed by atoms with E-state index < -0.39 is 0 Å². The Morgan fingerprint density at radius 2 is 1.82 bits per heavy atom. The van der Waals surface area contributed by atoms with Gasteiger partial charge in [0, 0.05) is 31.9 Å². The van der Waals surface area contributed by atoms with Crippen molar-refractivity contribution in [3.8, 4) is 5.69 Å². The summed E-state index contributed by atoms with van der Waals surface area (Å²) in [6.07, 6.45) is 1.35. The van der Waals surface area contributed by atoms with Crippen LogP contribution in [-0.2, 0) is 9.53 Å². The lowest BCUT2D eigenvalue weighted by molar-refractivity contribution is -0.129. The third-order valence-corrected chi connectivity index (χ3v) is 5.70. The maximum atomic E-state index is 12.6. The van der Waals surface area contributed by atoms with Crippen LogP contribution in [0.1, 0.15) is 18.1 Å². The molecule has 2 aromatic rings. The van der Waals surface area contributed by atoms with Gasteiger partial charge in [-0.1, -0.05) is 17.8 Å². The molecule has 28 heavy (non-hydrogen) atoms. The predicted molar refractivity (Wildman–Crippen MR) is 107 cm³/mol. The molecule has 0 bridgehead atoms. The Hall–Kier alpha value is -2.55. The summed E-state index contributed by atoms with van der Waals surface area (Å²) in [7, 11) is 0. The third kappa shape index (κ3) is 4.64. The molecule has 1 aromatic carbocycles. The zero-order valence-corrected chi connectivity index (χ0v) is 17.2. The fourth-order valence-electron chi connectivity index (χ4n) is 2.95. The van der Waals surface area contributed by atoms with Crippen LogP contribution in [0.2, 0.25) is 0 Å². The summed E-state index contributed by atoms with van der Waals surface area (Å²) < 4.78 is 6.90. The van der Waals surface area contributed by atoms with Crippen LogP contribution in [0.3, 0.4) is 0 Å². The van der Waals surface area contributed by atoms with Crippen LogP contribution >= 0.6 is 11.8 Å². The SMILES string of the molecule is CCOC(=O)N1CCN(C(=O)CSc2nncn2-c2ccc(C)c(C)c2)CC1. The third-order valence-electron chi connectivity index (χ3n) is 4.77. The van der Waals surface area contributed by atoms with Gasteiger partial charge >= 0.3 is 6.09 Å². The second kappa shape index (κ2) is 9.09. The number of benzene rings is 1. The van der Waals surface area contributed by atoms with Crippen molar-refractivity contribution in [3.05, 3.63) is 35.7 Å². The zero-order valence-electron chi connectivity index (χ0n) is 16.4. The molecule has 1 saturated heterocycles. The minimum Gasteiger partial charge on any atom is -0.450 e. The van der Waals surface area contributed by atoms with Crippen molar-refractivity contribution in [1.29, 1.82) is 0 Å². The van der Waals surface area contributed by atoms with Crippen LogP contribution in [0.25, 0.3) is 5.69 Å². The van der Waals surface area contributed by atoms with Gasteiger partial charge in [-0.15, -0.1) is 10.2 Å². The molecule has 0 N–H and O–H groups in total. The van der Waals surface area contributed by atoms with Crippen molar-refractivity contribution < 1.29 is 14.3 Å². The number of hydrogen-bond acceptors (Lipinski definition) is 6. The monoisotopic (exact) mass is 403 g/mol. The Bertz CT molecular complexity index is 846. The molecule has 0 atom stereocenters. The molecule has 1 aliphatic rings. The Balaban J connectivity index is 1.55. The van der Waals surface area contributed by atoms with Gasteiger partial charge in [-0.3, -0.25) is 9.36 Å². The first-order valence-electron chi connectivity index (χ1n) is 9.29. The Kier molecular flexibility index (Phi) is 6.56. The first-order valence-corrected chi connectivity index (χ1v) is 10.3. The highest BCUT2D eigenvalue weighted by Gasteiger charge is 2.25. The molecule has 2 amide bonds. The number of rotatable bonds is 5. The van der Waals surface area contributed by atoms with E-state index >= 15 is 0 Å².